The van der Waals surface area contributed by atoms with Crippen LogP contribution in [0.3, 0.4) is 0 Å². The Bertz CT molecular complexity index is 949. The molecule has 0 fully saturated rings. The highest BCUT2D eigenvalue weighted by atomic mass is 16.6. The van der Waals surface area contributed by atoms with Crippen LogP contribution in [0.2, 0.25) is 0 Å². The summed E-state index contributed by atoms with van der Waals surface area (Å²) in [6.07, 6.45) is 2.43. The fourth-order valence-electron chi connectivity index (χ4n) is 2.88. The standard InChI is InChI=1S/C21H27N7O3/c1-3-4-8-14-30-21(29)23-18-13-9-12-17(22-18)15-31-25-19(16-10-6-5-7-11-16)20-24-26-27-28(20)2/h5-7,9-13,19,25H,3-4,8,14-15H2,1-2H3,(H,22,23,29). The molecule has 0 bridgehead atoms. The molecule has 10 nitrogen and oxygen atoms in total. The van der Waals surface area contributed by atoms with Crippen molar-refractivity contribution >= 4 is 11.9 Å². The molecule has 0 spiro atoms. The van der Waals surface area contributed by atoms with Crippen LogP contribution in [0.15, 0.2) is 48.5 Å². The van der Waals surface area contributed by atoms with Crippen LogP contribution < -0.4 is 10.8 Å². The topological polar surface area (TPSA) is 116 Å². The number of aromatic nitrogens is 5. The molecule has 0 radical (unpaired) electrons. The Morgan fingerprint density at radius 1 is 1.13 bits per heavy atom. The SMILES string of the molecule is CCCCCOC(=O)Nc1cccc(CONC(c2ccccc2)c2nnnn2C)n1. The van der Waals surface area contributed by atoms with Gasteiger partial charge in [-0.15, -0.1) is 5.10 Å². The van der Waals surface area contributed by atoms with Gasteiger partial charge >= 0.3 is 6.09 Å². The lowest BCUT2D eigenvalue weighted by atomic mass is 10.1. The monoisotopic (exact) mass is 425 g/mol. The number of hydroxylamine groups is 1. The second-order valence-electron chi connectivity index (χ2n) is 6.89. The molecular weight excluding hydrogens is 398 g/mol. The van der Waals surface area contributed by atoms with Crippen molar-refractivity contribution in [3.05, 3.63) is 65.6 Å². The van der Waals surface area contributed by atoms with E-state index in [0.29, 0.717) is 23.9 Å². The number of tetrazole rings is 1. The second-order valence-corrected chi connectivity index (χ2v) is 6.89. The lowest BCUT2D eigenvalue weighted by Gasteiger charge is -2.17. The summed E-state index contributed by atoms with van der Waals surface area (Å²) in [5, 5.41) is 14.3. The van der Waals surface area contributed by atoms with Crippen molar-refractivity contribution in [1.29, 1.82) is 0 Å². The second kappa shape index (κ2) is 11.7. The number of nitrogens with one attached hydrogen (secondary N) is 2. The fourth-order valence-corrected chi connectivity index (χ4v) is 2.88. The Kier molecular flexibility index (Phi) is 8.44. The summed E-state index contributed by atoms with van der Waals surface area (Å²) in [6.45, 7) is 2.67. The minimum atomic E-state index is -0.515. The van der Waals surface area contributed by atoms with Crippen molar-refractivity contribution in [2.75, 3.05) is 11.9 Å². The maximum absolute atomic E-state index is 11.9. The van der Waals surface area contributed by atoms with Gasteiger partial charge in [0.2, 0.25) is 0 Å². The molecule has 0 aliphatic carbocycles. The molecule has 0 saturated heterocycles. The zero-order chi connectivity index (χ0) is 21.9. The minimum Gasteiger partial charge on any atom is -0.449 e. The first kappa shape index (κ1) is 22.3. The van der Waals surface area contributed by atoms with Crippen molar-refractivity contribution < 1.29 is 14.4 Å². The van der Waals surface area contributed by atoms with Crippen LogP contribution in [0, 0.1) is 0 Å². The van der Waals surface area contributed by atoms with Crippen molar-refractivity contribution in [1.82, 2.24) is 30.7 Å². The molecule has 31 heavy (non-hydrogen) atoms. The van der Waals surface area contributed by atoms with Crippen LogP contribution in [0.5, 0.6) is 0 Å². The highest BCUT2D eigenvalue weighted by molar-refractivity contribution is 5.83. The van der Waals surface area contributed by atoms with Crippen LogP contribution in [-0.2, 0) is 23.2 Å². The third kappa shape index (κ3) is 6.83. The maximum atomic E-state index is 11.9. The van der Waals surface area contributed by atoms with E-state index in [0.717, 1.165) is 24.8 Å². The molecule has 1 atom stereocenters. The Balaban J connectivity index is 1.56. The number of hydrogen-bond donors (Lipinski definition) is 2. The summed E-state index contributed by atoms with van der Waals surface area (Å²) >= 11 is 0. The van der Waals surface area contributed by atoms with Gasteiger partial charge in [0.25, 0.3) is 0 Å². The first-order chi connectivity index (χ1) is 15.2. The smallest absolute Gasteiger partial charge is 0.412 e. The van der Waals surface area contributed by atoms with E-state index >= 15 is 0 Å². The van der Waals surface area contributed by atoms with E-state index in [1.807, 2.05) is 30.3 Å². The van der Waals surface area contributed by atoms with Gasteiger partial charge in [0.15, 0.2) is 5.82 Å². The van der Waals surface area contributed by atoms with E-state index in [9.17, 15) is 4.79 Å². The normalized spacial score (nSPS) is 11.8. The van der Waals surface area contributed by atoms with E-state index < -0.39 is 6.09 Å². The summed E-state index contributed by atoms with van der Waals surface area (Å²) in [4.78, 5) is 22.0. The van der Waals surface area contributed by atoms with Crippen molar-refractivity contribution in [3.8, 4) is 0 Å². The maximum Gasteiger partial charge on any atom is 0.412 e. The van der Waals surface area contributed by atoms with Crippen LogP contribution in [0.4, 0.5) is 10.6 Å². The van der Waals surface area contributed by atoms with Crippen molar-refractivity contribution in [2.24, 2.45) is 7.05 Å². The number of carbonyl (C=O) groups is 1. The van der Waals surface area contributed by atoms with Crippen LogP contribution in [0.25, 0.3) is 0 Å². The van der Waals surface area contributed by atoms with Crippen LogP contribution >= 0.6 is 0 Å². The fraction of sp³-hybridized carbons (Fsp3) is 0.381. The van der Waals surface area contributed by atoms with Gasteiger partial charge < -0.3 is 4.74 Å². The quantitative estimate of drug-likeness (QED) is 0.355. The summed E-state index contributed by atoms with van der Waals surface area (Å²) in [7, 11) is 1.77. The Morgan fingerprint density at radius 2 is 1.97 bits per heavy atom. The average molecular weight is 425 g/mol. The first-order valence-electron chi connectivity index (χ1n) is 10.2. The molecule has 0 aliphatic heterocycles. The average Bonchev–Trinajstić information content (AvgIpc) is 3.21. The van der Waals surface area contributed by atoms with E-state index in [2.05, 4.69) is 38.2 Å². The number of anilines is 1. The molecule has 2 N–H and O–H groups in total. The summed E-state index contributed by atoms with van der Waals surface area (Å²) in [5.74, 6) is 1.01. The van der Waals surface area contributed by atoms with E-state index in [1.165, 1.54) is 0 Å². The van der Waals surface area contributed by atoms with Gasteiger partial charge in [0.1, 0.15) is 18.5 Å². The third-order valence-electron chi connectivity index (χ3n) is 4.48. The number of pyridine rings is 1. The molecule has 0 saturated carbocycles. The third-order valence-corrected chi connectivity index (χ3v) is 4.48. The minimum absolute atomic E-state index is 0.176. The van der Waals surface area contributed by atoms with E-state index in [4.69, 9.17) is 9.57 Å². The molecule has 2 heterocycles. The molecule has 2 aromatic heterocycles. The summed E-state index contributed by atoms with van der Waals surface area (Å²) in [6, 6.07) is 14.7. The number of hydrogen-bond acceptors (Lipinski definition) is 8. The Morgan fingerprint density at radius 3 is 2.71 bits per heavy atom. The highest BCUT2D eigenvalue weighted by Gasteiger charge is 2.20. The molecular formula is C21H27N7O3. The van der Waals surface area contributed by atoms with E-state index in [-0.39, 0.29) is 12.6 Å². The van der Waals surface area contributed by atoms with E-state index in [1.54, 1.807) is 29.9 Å². The highest BCUT2D eigenvalue weighted by Crippen LogP contribution is 2.19. The number of aryl methyl sites for hydroxylation is 1. The van der Waals surface area contributed by atoms with Gasteiger partial charge in [-0.1, -0.05) is 56.2 Å². The van der Waals surface area contributed by atoms with Crippen LogP contribution in [0.1, 0.15) is 49.3 Å². The molecule has 164 valence electrons. The number of carbonyl (C=O) groups excluding carboxylic acids is 1. The lowest BCUT2D eigenvalue weighted by Crippen LogP contribution is -2.26. The first-order valence-corrected chi connectivity index (χ1v) is 10.2. The molecule has 1 aromatic carbocycles. The molecule has 1 unspecified atom stereocenters. The molecule has 10 heteroatoms. The number of amides is 1. The van der Waals surface area contributed by atoms with Gasteiger partial charge in [-0.25, -0.2) is 14.5 Å². The summed E-state index contributed by atoms with van der Waals surface area (Å²) in [5.41, 5.74) is 4.60. The largest absolute Gasteiger partial charge is 0.449 e. The lowest BCUT2D eigenvalue weighted by molar-refractivity contribution is 0.00751. The van der Waals surface area contributed by atoms with Crippen molar-refractivity contribution in [3.63, 3.8) is 0 Å². The zero-order valence-corrected chi connectivity index (χ0v) is 17.7. The van der Waals surface area contributed by atoms with Crippen molar-refractivity contribution in [2.45, 2.75) is 38.8 Å². The predicted molar refractivity (Wildman–Crippen MR) is 114 cm³/mol. The van der Waals surface area contributed by atoms with Gasteiger partial charge in [0, 0.05) is 7.05 Å². The molecule has 3 aromatic rings. The number of unbranched alkanes of at least 4 members (excludes halogenated alkanes) is 2. The summed E-state index contributed by atoms with van der Waals surface area (Å²) < 4.78 is 6.73. The van der Waals surface area contributed by atoms with Crippen LogP contribution in [-0.4, -0.2) is 37.9 Å². The zero-order valence-electron chi connectivity index (χ0n) is 17.7. The predicted octanol–water partition coefficient (Wildman–Crippen LogP) is 3.15. The number of rotatable bonds is 11. The molecule has 1 amide bonds. The van der Waals surface area contributed by atoms with Gasteiger partial charge in [0.05, 0.1) is 12.3 Å². The number of nitrogens with zero attached hydrogens (tertiary/aromatic N) is 5. The van der Waals surface area contributed by atoms with Gasteiger partial charge in [-0.05, 0) is 34.5 Å². The Labute approximate surface area is 180 Å². The number of benzene rings is 1. The molecule has 0 aliphatic rings. The molecule has 3 rings (SSSR count). The Hall–Kier alpha value is -3.37. The number of ether oxygens (including phenoxy) is 1. The van der Waals surface area contributed by atoms with Gasteiger partial charge in [-0.2, -0.15) is 5.48 Å². The van der Waals surface area contributed by atoms with Gasteiger partial charge in [-0.3, -0.25) is 10.2 Å².